The number of benzene rings is 1. The van der Waals surface area contributed by atoms with Crippen LogP contribution in [0.25, 0.3) is 0 Å². The molecule has 1 aliphatic rings. The van der Waals surface area contributed by atoms with E-state index in [4.69, 9.17) is 5.73 Å². The molecule has 0 aliphatic heterocycles. The lowest BCUT2D eigenvalue weighted by molar-refractivity contribution is 0.358. The highest BCUT2D eigenvalue weighted by atomic mass is 32.2. The Balaban J connectivity index is 2.13. The second-order valence-corrected chi connectivity index (χ2v) is 7.43. The van der Waals surface area contributed by atoms with Gasteiger partial charge in [0.25, 0.3) is 0 Å². The molecule has 1 aromatic rings. The van der Waals surface area contributed by atoms with E-state index in [1.807, 2.05) is 0 Å². The molecule has 6 heteroatoms. The fraction of sp³-hybridized carbons (Fsp3) is 0.571. The first-order valence-electron chi connectivity index (χ1n) is 7.02. The zero-order valence-corrected chi connectivity index (χ0v) is 12.8. The van der Waals surface area contributed by atoms with Gasteiger partial charge in [0, 0.05) is 11.7 Å². The van der Waals surface area contributed by atoms with E-state index in [0.717, 1.165) is 24.4 Å². The second-order valence-electron chi connectivity index (χ2n) is 5.57. The Morgan fingerprint density at radius 3 is 2.65 bits per heavy atom. The van der Waals surface area contributed by atoms with E-state index < -0.39 is 10.0 Å². The van der Waals surface area contributed by atoms with Crippen molar-refractivity contribution in [2.75, 3.05) is 18.1 Å². The lowest BCUT2D eigenvalue weighted by Gasteiger charge is -2.28. The van der Waals surface area contributed by atoms with Gasteiger partial charge in [0.2, 0.25) is 10.0 Å². The first-order chi connectivity index (χ1) is 9.42. The number of nitrogen functional groups attached to an aromatic ring is 1. The molecule has 112 valence electrons. The van der Waals surface area contributed by atoms with Crippen LogP contribution in [0.1, 0.15) is 32.6 Å². The van der Waals surface area contributed by atoms with Gasteiger partial charge >= 0.3 is 0 Å². The summed E-state index contributed by atoms with van der Waals surface area (Å²) >= 11 is 0. The van der Waals surface area contributed by atoms with E-state index in [1.54, 1.807) is 18.2 Å². The third-order valence-electron chi connectivity index (χ3n) is 3.88. The van der Waals surface area contributed by atoms with Crippen molar-refractivity contribution in [3.8, 4) is 0 Å². The van der Waals surface area contributed by atoms with Crippen LogP contribution >= 0.6 is 0 Å². The highest BCUT2D eigenvalue weighted by Crippen LogP contribution is 2.28. The highest BCUT2D eigenvalue weighted by Gasteiger charge is 2.20. The minimum absolute atomic E-state index is 0.127. The smallest absolute Gasteiger partial charge is 0.242 e. The molecule has 2 unspecified atom stereocenters. The Morgan fingerprint density at radius 1 is 1.30 bits per heavy atom. The predicted molar refractivity (Wildman–Crippen MR) is 82.1 cm³/mol. The Morgan fingerprint density at radius 2 is 2.05 bits per heavy atom. The predicted octanol–water partition coefficient (Wildman–Crippen LogP) is 2.17. The second kappa shape index (κ2) is 6.01. The summed E-state index contributed by atoms with van der Waals surface area (Å²) in [4.78, 5) is 0.127. The van der Waals surface area contributed by atoms with Crippen LogP contribution in [0.15, 0.2) is 23.1 Å². The molecule has 1 saturated carbocycles. The summed E-state index contributed by atoms with van der Waals surface area (Å²) in [7, 11) is -2.11. The van der Waals surface area contributed by atoms with Crippen molar-refractivity contribution in [2.45, 2.75) is 43.5 Å². The molecule has 2 rings (SSSR count). The summed E-state index contributed by atoms with van der Waals surface area (Å²) in [5.41, 5.74) is 7.01. The summed E-state index contributed by atoms with van der Waals surface area (Å²) in [6, 6.07) is 5.48. The fourth-order valence-electron chi connectivity index (χ4n) is 2.79. The lowest BCUT2D eigenvalue weighted by atomic mass is 9.87. The summed E-state index contributed by atoms with van der Waals surface area (Å²) in [6.07, 6.45) is 4.83. The van der Waals surface area contributed by atoms with Gasteiger partial charge in [-0.1, -0.05) is 19.8 Å². The number of hydrogen-bond acceptors (Lipinski definition) is 4. The molecule has 1 aromatic carbocycles. The van der Waals surface area contributed by atoms with Crippen molar-refractivity contribution >= 4 is 21.4 Å². The van der Waals surface area contributed by atoms with E-state index in [0.29, 0.717) is 6.04 Å². The molecule has 1 fully saturated rings. The molecule has 1 aliphatic carbocycles. The molecule has 4 N–H and O–H groups in total. The van der Waals surface area contributed by atoms with E-state index in [1.165, 1.54) is 19.9 Å². The molecule has 0 amide bonds. The minimum Gasteiger partial charge on any atom is -0.398 e. The quantitative estimate of drug-likeness (QED) is 0.744. The number of rotatable bonds is 4. The molecule has 0 heterocycles. The average molecular weight is 297 g/mol. The van der Waals surface area contributed by atoms with Crippen LogP contribution in [0.2, 0.25) is 0 Å². The third kappa shape index (κ3) is 3.43. The Hall–Kier alpha value is -1.27. The van der Waals surface area contributed by atoms with Gasteiger partial charge in [0.15, 0.2) is 0 Å². The Kier molecular flexibility index (Phi) is 4.55. The Labute approximate surface area is 121 Å². The monoisotopic (exact) mass is 297 g/mol. The number of anilines is 2. The zero-order valence-electron chi connectivity index (χ0n) is 12.0. The van der Waals surface area contributed by atoms with Crippen LogP contribution in [-0.2, 0) is 10.0 Å². The van der Waals surface area contributed by atoms with Gasteiger partial charge < -0.3 is 11.1 Å². The minimum atomic E-state index is -3.49. The number of nitrogens with two attached hydrogens (primary N) is 1. The van der Waals surface area contributed by atoms with E-state index in [9.17, 15) is 8.42 Å². The SMILES string of the molecule is CNS(=O)(=O)c1ccc(NC2CCCC(C)C2)cc1N. The standard InChI is InChI=1S/C14H23N3O2S/c1-10-4-3-5-11(8-10)17-12-6-7-14(13(15)9-12)20(18,19)16-2/h6-7,9-11,16-17H,3-5,8,15H2,1-2H3. The Bertz CT molecular complexity index is 572. The largest absolute Gasteiger partial charge is 0.398 e. The maximum Gasteiger partial charge on any atom is 0.242 e. The first kappa shape index (κ1) is 15.1. The summed E-state index contributed by atoms with van der Waals surface area (Å²) in [6.45, 7) is 2.27. The van der Waals surface area contributed by atoms with Crippen LogP contribution in [0.4, 0.5) is 11.4 Å². The number of hydrogen-bond donors (Lipinski definition) is 3. The van der Waals surface area contributed by atoms with Crippen molar-refractivity contribution in [3.05, 3.63) is 18.2 Å². The maximum atomic E-state index is 11.8. The van der Waals surface area contributed by atoms with Crippen LogP contribution in [0.5, 0.6) is 0 Å². The molecule has 0 spiro atoms. The average Bonchev–Trinajstić information content (AvgIpc) is 2.38. The van der Waals surface area contributed by atoms with Crippen molar-refractivity contribution in [3.63, 3.8) is 0 Å². The van der Waals surface area contributed by atoms with Crippen molar-refractivity contribution in [2.24, 2.45) is 5.92 Å². The van der Waals surface area contributed by atoms with Gasteiger partial charge in [-0.3, -0.25) is 0 Å². The van der Waals surface area contributed by atoms with Gasteiger partial charge in [-0.05, 0) is 44.0 Å². The van der Waals surface area contributed by atoms with Crippen molar-refractivity contribution in [1.29, 1.82) is 0 Å². The highest BCUT2D eigenvalue weighted by molar-refractivity contribution is 7.89. The van der Waals surface area contributed by atoms with Gasteiger partial charge in [0.1, 0.15) is 4.90 Å². The number of nitrogens with one attached hydrogen (secondary N) is 2. The molecular weight excluding hydrogens is 274 g/mol. The fourth-order valence-corrected chi connectivity index (χ4v) is 3.63. The van der Waals surface area contributed by atoms with E-state index >= 15 is 0 Å². The molecule has 0 radical (unpaired) electrons. The van der Waals surface area contributed by atoms with Crippen molar-refractivity contribution in [1.82, 2.24) is 4.72 Å². The van der Waals surface area contributed by atoms with Gasteiger partial charge in [0.05, 0.1) is 5.69 Å². The van der Waals surface area contributed by atoms with Crippen LogP contribution in [-0.4, -0.2) is 21.5 Å². The molecule has 0 bridgehead atoms. The zero-order chi connectivity index (χ0) is 14.8. The van der Waals surface area contributed by atoms with E-state index in [-0.39, 0.29) is 10.6 Å². The van der Waals surface area contributed by atoms with Gasteiger partial charge in [-0.25, -0.2) is 13.1 Å². The normalized spacial score (nSPS) is 23.5. The van der Waals surface area contributed by atoms with Crippen LogP contribution in [0, 0.1) is 5.92 Å². The summed E-state index contributed by atoms with van der Waals surface area (Å²) < 4.78 is 25.8. The van der Waals surface area contributed by atoms with Crippen LogP contribution < -0.4 is 15.8 Å². The molecule has 0 aromatic heterocycles. The third-order valence-corrected chi connectivity index (χ3v) is 5.36. The molecule has 2 atom stereocenters. The first-order valence-corrected chi connectivity index (χ1v) is 8.50. The maximum absolute atomic E-state index is 11.8. The number of sulfonamides is 1. The molecule has 5 nitrogen and oxygen atoms in total. The van der Waals surface area contributed by atoms with Gasteiger partial charge in [-0.15, -0.1) is 0 Å². The summed E-state index contributed by atoms with van der Waals surface area (Å²) in [5, 5.41) is 3.45. The van der Waals surface area contributed by atoms with E-state index in [2.05, 4.69) is 17.0 Å². The van der Waals surface area contributed by atoms with Gasteiger partial charge in [-0.2, -0.15) is 0 Å². The topological polar surface area (TPSA) is 84.2 Å². The summed E-state index contributed by atoms with van der Waals surface area (Å²) in [5.74, 6) is 0.738. The van der Waals surface area contributed by atoms with Crippen LogP contribution in [0.3, 0.4) is 0 Å². The lowest BCUT2D eigenvalue weighted by Crippen LogP contribution is -2.26. The molecular formula is C14H23N3O2S. The molecule has 0 saturated heterocycles. The van der Waals surface area contributed by atoms with Crippen molar-refractivity contribution < 1.29 is 8.42 Å². The molecule has 20 heavy (non-hydrogen) atoms.